The van der Waals surface area contributed by atoms with E-state index in [1.54, 1.807) is 66.7 Å². The largest absolute Gasteiger partial charge is 0.423 e. The predicted octanol–water partition coefficient (Wildman–Crippen LogP) is 5.52. The van der Waals surface area contributed by atoms with Gasteiger partial charge in [0.25, 0.3) is 0 Å². The van der Waals surface area contributed by atoms with Gasteiger partial charge in [0.05, 0.1) is 33.1 Å². The number of halogens is 2. The van der Waals surface area contributed by atoms with Gasteiger partial charge >= 0.3 is 23.8 Å². The molecular formula is C29H19Cl2N3O6. The molecule has 40 heavy (non-hydrogen) atoms. The third kappa shape index (κ3) is 7.31. The van der Waals surface area contributed by atoms with Crippen LogP contribution >= 0.6 is 23.2 Å². The van der Waals surface area contributed by atoms with Gasteiger partial charge in [-0.15, -0.1) is 0 Å². The zero-order chi connectivity index (χ0) is 28.5. The van der Waals surface area contributed by atoms with Crippen molar-refractivity contribution in [1.29, 1.82) is 0 Å². The molecule has 0 heterocycles. The van der Waals surface area contributed by atoms with Crippen molar-refractivity contribution in [1.82, 2.24) is 5.43 Å². The smallest absolute Gasteiger partial charge is 0.343 e. The number of hydrazone groups is 1. The van der Waals surface area contributed by atoms with E-state index >= 15 is 0 Å². The minimum atomic E-state index is -1.09. The average Bonchev–Trinajstić information content (AvgIpc) is 2.97. The molecule has 0 atom stereocenters. The van der Waals surface area contributed by atoms with Crippen LogP contribution in [0.15, 0.2) is 102 Å². The van der Waals surface area contributed by atoms with E-state index in [9.17, 15) is 19.2 Å². The van der Waals surface area contributed by atoms with Gasteiger partial charge in [0.2, 0.25) is 0 Å². The molecule has 0 spiro atoms. The Balaban J connectivity index is 1.50. The molecule has 2 N–H and O–H groups in total. The molecule has 0 unspecified atom stereocenters. The Morgan fingerprint density at radius 1 is 0.700 bits per heavy atom. The van der Waals surface area contributed by atoms with Gasteiger partial charge in [0, 0.05) is 11.6 Å². The van der Waals surface area contributed by atoms with E-state index in [1.807, 2.05) is 0 Å². The highest BCUT2D eigenvalue weighted by Crippen LogP contribution is 2.29. The van der Waals surface area contributed by atoms with E-state index in [1.165, 1.54) is 30.3 Å². The molecule has 0 aromatic heterocycles. The summed E-state index contributed by atoms with van der Waals surface area (Å²) in [5.41, 5.74) is 3.08. The van der Waals surface area contributed by atoms with Crippen LogP contribution in [0.2, 0.25) is 10.0 Å². The summed E-state index contributed by atoms with van der Waals surface area (Å²) >= 11 is 11.9. The molecule has 4 aromatic carbocycles. The fourth-order valence-electron chi connectivity index (χ4n) is 3.24. The molecular weight excluding hydrogens is 557 g/mol. The summed E-state index contributed by atoms with van der Waals surface area (Å²) in [5.74, 6) is -3.34. The summed E-state index contributed by atoms with van der Waals surface area (Å²) in [6.45, 7) is 0. The monoisotopic (exact) mass is 575 g/mol. The van der Waals surface area contributed by atoms with Crippen LogP contribution < -0.4 is 20.2 Å². The summed E-state index contributed by atoms with van der Waals surface area (Å²) in [6.07, 6.45) is 1.16. The second kappa shape index (κ2) is 13.2. The number of carbonyl (C=O) groups is 4. The molecule has 0 aliphatic carbocycles. The van der Waals surface area contributed by atoms with Gasteiger partial charge in [-0.25, -0.2) is 15.0 Å². The van der Waals surface area contributed by atoms with Crippen molar-refractivity contribution in [3.05, 3.63) is 124 Å². The van der Waals surface area contributed by atoms with Crippen LogP contribution in [0.25, 0.3) is 0 Å². The standard InChI is InChI=1S/C29H19Cl2N3O6/c30-22-12-7-13-23(25(22)31)33-26(35)27(36)34-32-17-20-14-15-21(39-28(37)18-8-3-1-4-9-18)16-24(20)40-29(38)19-10-5-2-6-11-19/h1-17H,(H,33,35)(H,34,36). The summed E-state index contributed by atoms with van der Waals surface area (Å²) in [5, 5.41) is 6.39. The number of hydrogen-bond acceptors (Lipinski definition) is 7. The number of rotatable bonds is 7. The summed E-state index contributed by atoms with van der Waals surface area (Å²) < 4.78 is 10.9. The first-order valence-electron chi connectivity index (χ1n) is 11.6. The molecule has 2 amide bonds. The third-order valence-corrected chi connectivity index (χ3v) is 6.01. The number of nitrogens with zero attached hydrogens (tertiary/aromatic N) is 1. The maximum Gasteiger partial charge on any atom is 0.343 e. The van der Waals surface area contributed by atoms with Crippen molar-refractivity contribution in [2.24, 2.45) is 5.10 Å². The molecule has 11 heteroatoms. The molecule has 0 aliphatic heterocycles. The first kappa shape index (κ1) is 28.0. The molecule has 0 saturated heterocycles. The van der Waals surface area contributed by atoms with Crippen LogP contribution in [-0.2, 0) is 9.59 Å². The second-order valence-corrected chi connectivity index (χ2v) is 8.75. The van der Waals surface area contributed by atoms with Crippen LogP contribution in [-0.4, -0.2) is 30.0 Å². The van der Waals surface area contributed by atoms with Crippen molar-refractivity contribution in [3.8, 4) is 11.5 Å². The number of anilines is 1. The predicted molar refractivity (Wildman–Crippen MR) is 150 cm³/mol. The number of carbonyl (C=O) groups excluding carboxylic acids is 4. The lowest BCUT2D eigenvalue weighted by molar-refractivity contribution is -0.136. The first-order valence-corrected chi connectivity index (χ1v) is 12.3. The fraction of sp³-hybridized carbons (Fsp3) is 0. The van der Waals surface area contributed by atoms with Crippen molar-refractivity contribution in [3.63, 3.8) is 0 Å². The lowest BCUT2D eigenvalue weighted by Crippen LogP contribution is -2.32. The SMILES string of the molecule is O=C(NN=Cc1ccc(OC(=O)c2ccccc2)cc1OC(=O)c1ccccc1)C(=O)Nc1cccc(Cl)c1Cl. The first-order chi connectivity index (χ1) is 19.3. The van der Waals surface area contributed by atoms with Crippen molar-refractivity contribution < 1.29 is 28.7 Å². The lowest BCUT2D eigenvalue weighted by Gasteiger charge is -2.11. The fourth-order valence-corrected chi connectivity index (χ4v) is 3.58. The van der Waals surface area contributed by atoms with Gasteiger partial charge in [-0.05, 0) is 48.5 Å². The quantitative estimate of drug-likeness (QED) is 0.0982. The van der Waals surface area contributed by atoms with E-state index in [-0.39, 0.29) is 38.4 Å². The van der Waals surface area contributed by atoms with Gasteiger partial charge in [0.1, 0.15) is 11.5 Å². The third-order valence-electron chi connectivity index (χ3n) is 5.19. The molecule has 200 valence electrons. The Kier molecular flexibility index (Phi) is 9.24. The zero-order valence-electron chi connectivity index (χ0n) is 20.5. The highest BCUT2D eigenvalue weighted by molar-refractivity contribution is 6.45. The van der Waals surface area contributed by atoms with E-state index in [0.29, 0.717) is 5.56 Å². The Morgan fingerprint density at radius 3 is 1.98 bits per heavy atom. The van der Waals surface area contributed by atoms with Gasteiger partial charge in [0.15, 0.2) is 0 Å². The van der Waals surface area contributed by atoms with Gasteiger partial charge in [-0.1, -0.05) is 65.7 Å². The number of ether oxygens (including phenoxy) is 2. The molecule has 0 radical (unpaired) electrons. The highest BCUT2D eigenvalue weighted by atomic mass is 35.5. The van der Waals surface area contributed by atoms with E-state index < -0.39 is 23.8 Å². The Hall–Kier alpha value is -4.99. The number of hydrogen-bond donors (Lipinski definition) is 2. The van der Waals surface area contributed by atoms with E-state index in [4.69, 9.17) is 32.7 Å². The number of benzene rings is 4. The summed E-state index contributed by atoms with van der Waals surface area (Å²) in [7, 11) is 0. The number of esters is 2. The van der Waals surface area contributed by atoms with Crippen molar-refractivity contribution in [2.75, 3.05) is 5.32 Å². The van der Waals surface area contributed by atoms with Crippen molar-refractivity contribution in [2.45, 2.75) is 0 Å². The highest BCUT2D eigenvalue weighted by Gasteiger charge is 2.17. The van der Waals surface area contributed by atoms with Crippen LogP contribution in [0.4, 0.5) is 5.69 Å². The van der Waals surface area contributed by atoms with Crippen LogP contribution in [0, 0.1) is 0 Å². The molecule has 4 aromatic rings. The Bertz CT molecular complexity index is 1590. The number of amides is 2. The van der Waals surface area contributed by atoms with E-state index in [2.05, 4.69) is 15.8 Å². The van der Waals surface area contributed by atoms with Crippen molar-refractivity contribution >= 4 is 58.9 Å². The average molecular weight is 576 g/mol. The molecule has 9 nitrogen and oxygen atoms in total. The molecule has 0 aliphatic rings. The number of nitrogens with one attached hydrogen (secondary N) is 2. The minimum absolute atomic E-state index is 0.0135. The van der Waals surface area contributed by atoms with Gasteiger partial charge in [-0.3, -0.25) is 9.59 Å². The normalized spacial score (nSPS) is 10.6. The maximum absolute atomic E-state index is 12.7. The molecule has 0 bridgehead atoms. The van der Waals surface area contributed by atoms with Gasteiger partial charge < -0.3 is 14.8 Å². The second-order valence-electron chi connectivity index (χ2n) is 7.97. The minimum Gasteiger partial charge on any atom is -0.423 e. The van der Waals surface area contributed by atoms with Gasteiger partial charge in [-0.2, -0.15) is 5.10 Å². The summed E-state index contributed by atoms with van der Waals surface area (Å²) in [4.78, 5) is 49.6. The molecule has 4 rings (SSSR count). The Labute approximate surface area is 238 Å². The van der Waals surface area contributed by atoms with E-state index in [0.717, 1.165) is 6.21 Å². The molecule has 0 fully saturated rings. The topological polar surface area (TPSA) is 123 Å². The molecule has 0 saturated carbocycles. The van der Waals surface area contributed by atoms with Crippen LogP contribution in [0.3, 0.4) is 0 Å². The lowest BCUT2D eigenvalue weighted by atomic mass is 10.2. The Morgan fingerprint density at radius 2 is 1.32 bits per heavy atom. The van der Waals surface area contributed by atoms with Crippen LogP contribution in [0.1, 0.15) is 26.3 Å². The summed E-state index contributed by atoms with van der Waals surface area (Å²) in [6, 6.07) is 25.4. The zero-order valence-corrected chi connectivity index (χ0v) is 22.0. The maximum atomic E-state index is 12.7. The van der Waals surface area contributed by atoms with Crippen LogP contribution in [0.5, 0.6) is 11.5 Å².